The first-order valence-corrected chi connectivity index (χ1v) is 4.47. The number of ether oxygens (including phenoxy) is 1. The molecule has 0 heterocycles. The van der Waals surface area contributed by atoms with E-state index < -0.39 is 11.7 Å². The Kier molecular flexibility index (Phi) is 3.31. The highest BCUT2D eigenvalue weighted by Crippen LogP contribution is 2.32. The summed E-state index contributed by atoms with van der Waals surface area (Å²) < 4.78 is 41.7. The zero-order valence-corrected chi connectivity index (χ0v) is 8.32. The van der Waals surface area contributed by atoms with E-state index >= 15 is 0 Å². The second-order valence-electron chi connectivity index (χ2n) is 2.68. The molecule has 78 valence electrons. The van der Waals surface area contributed by atoms with Crippen LogP contribution in [0.5, 0.6) is 5.75 Å². The first kappa shape index (κ1) is 11.2. The van der Waals surface area contributed by atoms with Gasteiger partial charge in [-0.15, -0.1) is 0 Å². The number of thiol groups is 1. The average molecular weight is 222 g/mol. The molecule has 0 saturated heterocycles. The van der Waals surface area contributed by atoms with E-state index in [-0.39, 0.29) is 5.75 Å². The molecule has 1 aromatic carbocycles. The predicted molar refractivity (Wildman–Crippen MR) is 50.7 cm³/mol. The fourth-order valence-electron chi connectivity index (χ4n) is 1.08. The van der Waals surface area contributed by atoms with E-state index in [1.807, 2.05) is 0 Å². The van der Waals surface area contributed by atoms with Gasteiger partial charge in [0.05, 0.1) is 12.7 Å². The summed E-state index contributed by atoms with van der Waals surface area (Å²) in [5, 5.41) is 0. The molecule has 1 rings (SSSR count). The van der Waals surface area contributed by atoms with Crippen LogP contribution in [0.15, 0.2) is 18.2 Å². The minimum atomic E-state index is -4.32. The molecule has 0 unspecified atom stereocenters. The van der Waals surface area contributed by atoms with Crippen LogP contribution in [0, 0.1) is 0 Å². The molecule has 0 atom stereocenters. The van der Waals surface area contributed by atoms with Gasteiger partial charge in [0.15, 0.2) is 0 Å². The minimum absolute atomic E-state index is 0.215. The van der Waals surface area contributed by atoms with Crippen molar-refractivity contribution in [1.82, 2.24) is 0 Å². The summed E-state index contributed by atoms with van der Waals surface area (Å²) in [4.78, 5) is 0. The van der Waals surface area contributed by atoms with E-state index in [1.54, 1.807) is 0 Å². The highest BCUT2D eigenvalue weighted by Gasteiger charge is 2.30. The Balaban J connectivity index is 3.14. The number of halogens is 3. The second kappa shape index (κ2) is 4.13. The highest BCUT2D eigenvalue weighted by molar-refractivity contribution is 7.79. The minimum Gasteiger partial charge on any atom is -0.496 e. The SMILES string of the molecule is COc1ccc(C(F)(F)F)cc1CS. The van der Waals surface area contributed by atoms with Crippen LogP contribution in [0.2, 0.25) is 0 Å². The largest absolute Gasteiger partial charge is 0.496 e. The smallest absolute Gasteiger partial charge is 0.416 e. The van der Waals surface area contributed by atoms with E-state index in [1.165, 1.54) is 13.2 Å². The van der Waals surface area contributed by atoms with Crippen molar-refractivity contribution in [3.63, 3.8) is 0 Å². The number of rotatable bonds is 2. The topological polar surface area (TPSA) is 9.23 Å². The molecule has 0 spiro atoms. The summed E-state index contributed by atoms with van der Waals surface area (Å²) in [7, 11) is 1.41. The molecule has 14 heavy (non-hydrogen) atoms. The summed E-state index contributed by atoms with van der Waals surface area (Å²) in [6.07, 6.45) is -4.32. The Labute approximate surface area is 85.3 Å². The maximum atomic E-state index is 12.3. The van der Waals surface area contributed by atoms with Crippen LogP contribution in [0.1, 0.15) is 11.1 Å². The third kappa shape index (κ3) is 2.35. The van der Waals surface area contributed by atoms with Crippen LogP contribution in [0.3, 0.4) is 0 Å². The molecule has 1 aromatic rings. The van der Waals surface area contributed by atoms with Crippen molar-refractivity contribution in [3.8, 4) is 5.75 Å². The summed E-state index contributed by atoms with van der Waals surface area (Å²) in [5.41, 5.74) is -0.243. The summed E-state index contributed by atoms with van der Waals surface area (Å²) in [6.45, 7) is 0. The van der Waals surface area contributed by atoms with Gasteiger partial charge in [0.2, 0.25) is 0 Å². The van der Waals surface area contributed by atoms with Gasteiger partial charge in [-0.2, -0.15) is 25.8 Å². The third-order valence-electron chi connectivity index (χ3n) is 1.78. The molecule has 0 saturated carbocycles. The Morgan fingerprint density at radius 3 is 2.43 bits per heavy atom. The van der Waals surface area contributed by atoms with Crippen LogP contribution in [-0.2, 0) is 11.9 Å². The van der Waals surface area contributed by atoms with Crippen molar-refractivity contribution in [1.29, 1.82) is 0 Å². The van der Waals surface area contributed by atoms with E-state index in [0.29, 0.717) is 11.3 Å². The Morgan fingerprint density at radius 1 is 1.36 bits per heavy atom. The first-order valence-electron chi connectivity index (χ1n) is 3.84. The van der Waals surface area contributed by atoms with Gasteiger partial charge in [0, 0.05) is 11.3 Å². The zero-order valence-electron chi connectivity index (χ0n) is 7.43. The van der Waals surface area contributed by atoms with Crippen LogP contribution in [-0.4, -0.2) is 7.11 Å². The van der Waals surface area contributed by atoms with Gasteiger partial charge in [0.1, 0.15) is 5.75 Å². The van der Waals surface area contributed by atoms with Gasteiger partial charge in [-0.25, -0.2) is 0 Å². The average Bonchev–Trinajstić information content (AvgIpc) is 2.15. The van der Waals surface area contributed by atoms with Crippen molar-refractivity contribution in [2.75, 3.05) is 7.11 Å². The molecule has 0 aliphatic carbocycles. The highest BCUT2D eigenvalue weighted by atomic mass is 32.1. The van der Waals surface area contributed by atoms with Crippen LogP contribution >= 0.6 is 12.6 Å². The summed E-state index contributed by atoms with van der Waals surface area (Å²) >= 11 is 3.93. The molecule has 0 aliphatic heterocycles. The summed E-state index contributed by atoms with van der Waals surface area (Å²) in [6, 6.07) is 3.34. The maximum Gasteiger partial charge on any atom is 0.416 e. The van der Waals surface area contributed by atoms with Crippen molar-refractivity contribution < 1.29 is 17.9 Å². The molecule has 0 fully saturated rings. The number of benzene rings is 1. The van der Waals surface area contributed by atoms with Crippen molar-refractivity contribution in [2.24, 2.45) is 0 Å². The molecule has 0 bridgehead atoms. The summed E-state index contributed by atoms with van der Waals surface area (Å²) in [5.74, 6) is 0.639. The van der Waals surface area contributed by atoms with Gasteiger partial charge in [-0.05, 0) is 18.2 Å². The molecule has 5 heteroatoms. The number of hydrogen-bond acceptors (Lipinski definition) is 2. The lowest BCUT2D eigenvalue weighted by Crippen LogP contribution is -2.05. The quantitative estimate of drug-likeness (QED) is 0.756. The molecule has 0 N–H and O–H groups in total. The predicted octanol–water partition coefficient (Wildman–Crippen LogP) is 3.14. The third-order valence-corrected chi connectivity index (χ3v) is 2.12. The lowest BCUT2D eigenvalue weighted by atomic mass is 10.1. The van der Waals surface area contributed by atoms with Crippen molar-refractivity contribution in [3.05, 3.63) is 29.3 Å². The van der Waals surface area contributed by atoms with Gasteiger partial charge in [-0.3, -0.25) is 0 Å². The van der Waals surface area contributed by atoms with E-state index in [0.717, 1.165) is 12.1 Å². The molecule has 0 aromatic heterocycles. The normalized spacial score (nSPS) is 11.5. The lowest BCUT2D eigenvalue weighted by Gasteiger charge is -2.11. The molecule has 0 amide bonds. The number of alkyl halides is 3. The van der Waals surface area contributed by atoms with E-state index in [2.05, 4.69) is 12.6 Å². The lowest BCUT2D eigenvalue weighted by molar-refractivity contribution is -0.137. The zero-order chi connectivity index (χ0) is 10.8. The molecular formula is C9H9F3OS. The molecule has 0 aliphatic rings. The maximum absolute atomic E-state index is 12.3. The second-order valence-corrected chi connectivity index (χ2v) is 3.00. The fraction of sp³-hybridized carbons (Fsp3) is 0.333. The first-order chi connectivity index (χ1) is 6.49. The van der Waals surface area contributed by atoms with Crippen LogP contribution in [0.4, 0.5) is 13.2 Å². The number of methoxy groups -OCH3 is 1. The molecule has 0 radical (unpaired) electrons. The standard InChI is InChI=1S/C9H9F3OS/c1-13-8-3-2-7(9(10,11)12)4-6(8)5-14/h2-4,14H,5H2,1H3. The monoisotopic (exact) mass is 222 g/mol. The fourth-order valence-corrected chi connectivity index (χ4v) is 1.33. The van der Waals surface area contributed by atoms with Gasteiger partial charge in [-0.1, -0.05) is 0 Å². The molecule has 1 nitrogen and oxygen atoms in total. The van der Waals surface area contributed by atoms with Crippen molar-refractivity contribution in [2.45, 2.75) is 11.9 Å². The van der Waals surface area contributed by atoms with Crippen LogP contribution in [0.25, 0.3) is 0 Å². The van der Waals surface area contributed by atoms with Crippen LogP contribution < -0.4 is 4.74 Å². The van der Waals surface area contributed by atoms with E-state index in [9.17, 15) is 13.2 Å². The van der Waals surface area contributed by atoms with Crippen molar-refractivity contribution >= 4 is 12.6 Å². The Morgan fingerprint density at radius 2 is 2.00 bits per heavy atom. The van der Waals surface area contributed by atoms with Gasteiger partial charge < -0.3 is 4.74 Å². The molecular weight excluding hydrogens is 213 g/mol. The van der Waals surface area contributed by atoms with Gasteiger partial charge in [0.25, 0.3) is 0 Å². The van der Waals surface area contributed by atoms with E-state index in [4.69, 9.17) is 4.74 Å². The van der Waals surface area contributed by atoms with Gasteiger partial charge >= 0.3 is 6.18 Å². The Bertz CT molecular complexity index is 322. The number of hydrogen-bond donors (Lipinski definition) is 1. The Hall–Kier alpha value is -0.840.